The van der Waals surface area contributed by atoms with Crippen LogP contribution in [0.1, 0.15) is 23.6 Å². The lowest BCUT2D eigenvalue weighted by atomic mass is 9.91. The average Bonchev–Trinajstić information content (AvgIpc) is 2.98. The van der Waals surface area contributed by atoms with Gasteiger partial charge < -0.3 is 20.1 Å². The highest BCUT2D eigenvalue weighted by Crippen LogP contribution is 2.36. The molecule has 1 fully saturated rings. The summed E-state index contributed by atoms with van der Waals surface area (Å²) < 4.78 is 24.7. The van der Waals surface area contributed by atoms with E-state index in [1.807, 2.05) is 0 Å². The lowest BCUT2D eigenvalue weighted by Crippen LogP contribution is -2.43. The molecule has 9 heteroatoms. The van der Waals surface area contributed by atoms with Gasteiger partial charge >= 0.3 is 6.03 Å². The molecule has 2 heterocycles. The summed E-state index contributed by atoms with van der Waals surface area (Å²) in [6.07, 6.45) is 0. The molecule has 2 aliphatic rings. The second-order valence-electron chi connectivity index (χ2n) is 7.67. The molecule has 0 saturated carbocycles. The molecular weight excluding hydrogens is 405 g/mol. The van der Waals surface area contributed by atoms with E-state index < -0.39 is 29.9 Å². The Balaban J connectivity index is 1.44. The van der Waals surface area contributed by atoms with Crippen LogP contribution in [0.15, 0.2) is 36.4 Å². The molecule has 0 radical (unpaired) electrons. The second kappa shape index (κ2) is 7.90. The third kappa shape index (κ3) is 3.90. The summed E-state index contributed by atoms with van der Waals surface area (Å²) in [7, 11) is 0. The minimum atomic E-state index is -1.34. The highest BCUT2D eigenvalue weighted by Gasteiger charge is 2.49. The van der Waals surface area contributed by atoms with Gasteiger partial charge in [-0.3, -0.25) is 14.5 Å². The number of ether oxygens (including phenoxy) is 2. The number of carbonyl (C=O) groups is 3. The Morgan fingerprint density at radius 1 is 1.16 bits per heavy atom. The van der Waals surface area contributed by atoms with Crippen LogP contribution in [0.25, 0.3) is 0 Å². The van der Waals surface area contributed by atoms with Crippen molar-refractivity contribution in [3.8, 4) is 11.5 Å². The van der Waals surface area contributed by atoms with Crippen molar-refractivity contribution in [1.82, 2.24) is 15.5 Å². The van der Waals surface area contributed by atoms with Crippen molar-refractivity contribution in [3.05, 3.63) is 58.9 Å². The molecular formula is C22H22FN3O5. The molecule has 4 amide bonds. The van der Waals surface area contributed by atoms with E-state index in [0.29, 0.717) is 41.4 Å². The van der Waals surface area contributed by atoms with E-state index in [1.165, 1.54) is 6.07 Å². The van der Waals surface area contributed by atoms with E-state index in [-0.39, 0.29) is 12.4 Å². The summed E-state index contributed by atoms with van der Waals surface area (Å²) >= 11 is 0. The first-order valence-electron chi connectivity index (χ1n) is 9.84. The van der Waals surface area contributed by atoms with Gasteiger partial charge in [-0.1, -0.05) is 18.2 Å². The molecule has 1 atom stereocenters. The van der Waals surface area contributed by atoms with Crippen molar-refractivity contribution >= 4 is 17.8 Å². The van der Waals surface area contributed by atoms with Crippen molar-refractivity contribution in [1.29, 1.82) is 0 Å². The number of rotatable bonds is 5. The van der Waals surface area contributed by atoms with E-state index >= 15 is 0 Å². The molecule has 162 valence electrons. The summed E-state index contributed by atoms with van der Waals surface area (Å²) in [6, 6.07) is 9.01. The topological polar surface area (TPSA) is 97.0 Å². The Kier molecular flexibility index (Phi) is 5.26. The summed E-state index contributed by atoms with van der Waals surface area (Å²) in [6.45, 7) is 3.69. The Labute approximate surface area is 178 Å². The molecule has 2 aliphatic heterocycles. The lowest BCUT2D eigenvalue weighted by molar-refractivity contribution is -0.134. The third-order valence-corrected chi connectivity index (χ3v) is 5.42. The predicted octanol–water partition coefficient (Wildman–Crippen LogP) is 1.99. The molecule has 0 spiro atoms. The van der Waals surface area contributed by atoms with Crippen LogP contribution in [-0.4, -0.2) is 42.5 Å². The van der Waals surface area contributed by atoms with Gasteiger partial charge in [-0.2, -0.15) is 0 Å². The summed E-state index contributed by atoms with van der Waals surface area (Å²) in [5, 5.41) is 5.26. The SMILES string of the molecule is Cc1ccc(CNC(=O)CN2C(=O)N[C@](C)(c3ccc4c(c3)OCCO4)C2=O)cc1F. The number of hydrogen-bond donors (Lipinski definition) is 2. The first-order valence-corrected chi connectivity index (χ1v) is 9.84. The van der Waals surface area contributed by atoms with Crippen LogP contribution < -0.4 is 20.1 Å². The molecule has 1 saturated heterocycles. The number of nitrogens with one attached hydrogen (secondary N) is 2. The first-order chi connectivity index (χ1) is 14.8. The van der Waals surface area contributed by atoms with Crippen LogP contribution in [0, 0.1) is 12.7 Å². The molecule has 4 rings (SSSR count). The van der Waals surface area contributed by atoms with Gasteiger partial charge in [0.15, 0.2) is 11.5 Å². The molecule has 2 aromatic rings. The summed E-state index contributed by atoms with van der Waals surface area (Å²) in [4.78, 5) is 38.7. The standard InChI is InChI=1S/C22H22FN3O5/c1-13-3-4-14(9-16(13)23)11-24-19(27)12-26-20(28)22(2,25-21(26)29)15-5-6-17-18(10-15)31-8-7-30-17/h3-6,9-10H,7-8,11-12H2,1-2H3,(H,24,27)(H,25,29)/t22-/m1/s1. The quantitative estimate of drug-likeness (QED) is 0.712. The van der Waals surface area contributed by atoms with Crippen molar-refractivity contribution in [3.63, 3.8) is 0 Å². The van der Waals surface area contributed by atoms with E-state index in [4.69, 9.17) is 9.47 Å². The molecule has 0 unspecified atom stereocenters. The summed E-state index contributed by atoms with van der Waals surface area (Å²) in [5.41, 5.74) is 0.267. The van der Waals surface area contributed by atoms with Gasteiger partial charge in [0.25, 0.3) is 5.91 Å². The fourth-order valence-corrected chi connectivity index (χ4v) is 3.54. The maximum atomic E-state index is 13.7. The van der Waals surface area contributed by atoms with Gasteiger partial charge in [-0.15, -0.1) is 0 Å². The van der Waals surface area contributed by atoms with Crippen LogP contribution in [0.4, 0.5) is 9.18 Å². The van der Waals surface area contributed by atoms with Crippen LogP contribution in [0.5, 0.6) is 11.5 Å². The number of hydrogen-bond acceptors (Lipinski definition) is 5. The maximum absolute atomic E-state index is 13.7. The minimum Gasteiger partial charge on any atom is -0.486 e. The molecule has 0 bridgehead atoms. The normalized spacial score (nSPS) is 19.9. The number of halogens is 1. The molecule has 31 heavy (non-hydrogen) atoms. The molecule has 2 aromatic carbocycles. The lowest BCUT2D eigenvalue weighted by Gasteiger charge is -2.25. The van der Waals surface area contributed by atoms with Crippen molar-refractivity contribution in [2.24, 2.45) is 0 Å². The van der Waals surface area contributed by atoms with Gasteiger partial charge in [0.05, 0.1) is 0 Å². The number of aryl methyl sites for hydroxylation is 1. The Morgan fingerprint density at radius 3 is 2.65 bits per heavy atom. The third-order valence-electron chi connectivity index (χ3n) is 5.42. The fraction of sp³-hybridized carbons (Fsp3) is 0.318. The number of carbonyl (C=O) groups excluding carboxylic acids is 3. The zero-order chi connectivity index (χ0) is 22.2. The number of nitrogens with zero attached hydrogens (tertiary/aromatic N) is 1. The Bertz CT molecular complexity index is 1070. The number of amides is 4. The number of fused-ring (bicyclic) bond motifs is 1. The number of urea groups is 1. The van der Waals surface area contributed by atoms with Crippen LogP contribution in [0.2, 0.25) is 0 Å². The highest BCUT2D eigenvalue weighted by atomic mass is 19.1. The number of imide groups is 1. The van der Waals surface area contributed by atoms with Gasteiger partial charge in [0.2, 0.25) is 5.91 Å². The van der Waals surface area contributed by atoms with Gasteiger partial charge in [-0.05, 0) is 48.7 Å². The second-order valence-corrected chi connectivity index (χ2v) is 7.67. The molecule has 8 nitrogen and oxygen atoms in total. The van der Waals surface area contributed by atoms with Crippen molar-refractivity contribution in [2.75, 3.05) is 19.8 Å². The average molecular weight is 427 g/mol. The highest BCUT2D eigenvalue weighted by molar-refractivity contribution is 6.09. The maximum Gasteiger partial charge on any atom is 0.325 e. The molecule has 2 N–H and O–H groups in total. The van der Waals surface area contributed by atoms with E-state index in [2.05, 4.69) is 10.6 Å². The molecule has 0 aliphatic carbocycles. The fourth-order valence-electron chi connectivity index (χ4n) is 3.54. The minimum absolute atomic E-state index is 0.0825. The van der Waals surface area contributed by atoms with Crippen molar-refractivity contribution < 1.29 is 28.2 Å². The monoisotopic (exact) mass is 427 g/mol. The van der Waals surface area contributed by atoms with E-state index in [1.54, 1.807) is 44.2 Å². The molecule has 0 aromatic heterocycles. The van der Waals surface area contributed by atoms with Crippen molar-refractivity contribution in [2.45, 2.75) is 25.9 Å². The Morgan fingerprint density at radius 2 is 1.90 bits per heavy atom. The van der Waals surface area contributed by atoms with E-state index in [0.717, 1.165) is 4.90 Å². The zero-order valence-corrected chi connectivity index (χ0v) is 17.2. The van der Waals surface area contributed by atoms with Gasteiger partial charge in [0.1, 0.15) is 31.1 Å². The number of benzene rings is 2. The Hall–Kier alpha value is -3.62. The van der Waals surface area contributed by atoms with Crippen LogP contribution in [0.3, 0.4) is 0 Å². The summed E-state index contributed by atoms with van der Waals surface area (Å²) in [5.74, 6) is -0.384. The predicted molar refractivity (Wildman–Crippen MR) is 108 cm³/mol. The first kappa shape index (κ1) is 20.6. The van der Waals surface area contributed by atoms with E-state index in [9.17, 15) is 18.8 Å². The smallest absolute Gasteiger partial charge is 0.325 e. The zero-order valence-electron chi connectivity index (χ0n) is 17.2. The van der Waals surface area contributed by atoms with Gasteiger partial charge in [-0.25, -0.2) is 9.18 Å². The van der Waals surface area contributed by atoms with Crippen LogP contribution >= 0.6 is 0 Å². The van der Waals surface area contributed by atoms with Gasteiger partial charge in [0, 0.05) is 6.54 Å². The largest absolute Gasteiger partial charge is 0.486 e. The van der Waals surface area contributed by atoms with Crippen LogP contribution in [-0.2, 0) is 21.7 Å².